The summed E-state index contributed by atoms with van der Waals surface area (Å²) in [6, 6.07) is 18.1. The van der Waals surface area contributed by atoms with Gasteiger partial charge in [0.1, 0.15) is 11.5 Å². The summed E-state index contributed by atoms with van der Waals surface area (Å²) in [7, 11) is 0. The van der Waals surface area contributed by atoms with E-state index in [0.29, 0.717) is 11.1 Å². The van der Waals surface area contributed by atoms with E-state index in [1.807, 2.05) is 36.4 Å². The summed E-state index contributed by atoms with van der Waals surface area (Å²) < 4.78 is 8.25. The number of allylic oxidation sites excluding steroid dienone is 2. The van der Waals surface area contributed by atoms with Gasteiger partial charge in [0, 0.05) is 35.1 Å². The molecule has 2 rings (SSSR count). The molecule has 0 bridgehead atoms. The minimum absolute atomic E-state index is 0.0318. The van der Waals surface area contributed by atoms with Crippen LogP contribution in [0.2, 0.25) is 0 Å². The molecule has 30 heavy (non-hydrogen) atoms. The van der Waals surface area contributed by atoms with Gasteiger partial charge in [0.05, 0.1) is 0 Å². The van der Waals surface area contributed by atoms with E-state index >= 15 is 0 Å². The Hall–Kier alpha value is -2.63. The number of benzene rings is 2. The van der Waals surface area contributed by atoms with Crippen LogP contribution in [-0.4, -0.2) is 21.8 Å². The summed E-state index contributed by atoms with van der Waals surface area (Å²) in [6.07, 6.45) is 2.56. The zero-order chi connectivity index (χ0) is 23.1. The van der Waals surface area contributed by atoms with Crippen LogP contribution in [0.3, 0.4) is 0 Å². The normalized spacial score (nSPS) is 11.1. The van der Waals surface area contributed by atoms with Crippen molar-refractivity contribution >= 4 is 23.1 Å². The minimum atomic E-state index is -0.0825. The number of hydrogen-bond donors (Lipinski definition) is 2. The van der Waals surface area contributed by atoms with Gasteiger partial charge in [-0.3, -0.25) is 9.59 Å². The number of aliphatic hydroxyl groups is 2. The summed E-state index contributed by atoms with van der Waals surface area (Å²) >= 11 is 0.750. The molecule has 0 saturated heterocycles. The molecule has 0 saturated carbocycles. The predicted molar refractivity (Wildman–Crippen MR) is 114 cm³/mol. The standard InChI is InChI=1S/2C12H14O2.O.Ti/c2*1-9(2)11(13)8-12(14)10-6-4-3-5-7-10;;/h2*3-9,14H,1-2H3;;/b2*12-8-;;. The number of hydrogen-bond acceptors (Lipinski definition) is 5. The van der Waals surface area contributed by atoms with E-state index in [1.165, 1.54) is 12.2 Å². The van der Waals surface area contributed by atoms with Gasteiger partial charge < -0.3 is 10.2 Å². The molecular weight excluding hydrogens is 416 g/mol. The van der Waals surface area contributed by atoms with Gasteiger partial charge in [0.25, 0.3) is 0 Å². The Morgan fingerprint density at radius 3 is 1.17 bits per heavy atom. The third-order valence-electron chi connectivity index (χ3n) is 3.84. The molecule has 158 valence electrons. The molecule has 0 aromatic heterocycles. The first-order valence-electron chi connectivity index (χ1n) is 9.42. The van der Waals surface area contributed by atoms with Crippen molar-refractivity contribution in [2.45, 2.75) is 27.7 Å². The molecule has 2 aromatic rings. The second-order valence-corrected chi connectivity index (χ2v) is 6.91. The van der Waals surface area contributed by atoms with Gasteiger partial charge in [-0.1, -0.05) is 88.4 Å². The first-order valence-corrected chi connectivity index (χ1v) is 10.1. The van der Waals surface area contributed by atoms with Crippen LogP contribution in [0, 0.1) is 11.8 Å². The maximum atomic E-state index is 11.3. The van der Waals surface area contributed by atoms with Gasteiger partial charge in [-0.05, 0) is 0 Å². The van der Waals surface area contributed by atoms with Gasteiger partial charge in [0.15, 0.2) is 11.6 Å². The monoisotopic (exact) mass is 444 g/mol. The number of carbonyl (C=O) groups is 2. The van der Waals surface area contributed by atoms with E-state index in [1.54, 1.807) is 52.0 Å². The van der Waals surface area contributed by atoms with Crippen LogP contribution in [0.25, 0.3) is 11.5 Å². The molecule has 5 nitrogen and oxygen atoms in total. The predicted octanol–water partition coefficient (Wildman–Crippen LogP) is 5.50. The van der Waals surface area contributed by atoms with E-state index < -0.39 is 0 Å². The van der Waals surface area contributed by atoms with Crippen molar-refractivity contribution in [3.63, 3.8) is 0 Å². The molecule has 0 amide bonds. The Labute approximate surface area is 189 Å². The number of carbonyl (C=O) groups excluding carboxylic acids is 2. The van der Waals surface area contributed by atoms with Gasteiger partial charge in [-0.2, -0.15) is 0 Å². The fourth-order valence-corrected chi connectivity index (χ4v) is 1.99. The Balaban J connectivity index is 0.000000518. The average molecular weight is 444 g/mol. The molecule has 0 spiro atoms. The average Bonchev–Trinajstić information content (AvgIpc) is 2.76. The van der Waals surface area contributed by atoms with E-state index in [-0.39, 0.29) is 34.9 Å². The van der Waals surface area contributed by atoms with Crippen LogP contribution in [0.4, 0.5) is 0 Å². The van der Waals surface area contributed by atoms with E-state index in [9.17, 15) is 19.8 Å². The third kappa shape index (κ3) is 10.8. The van der Waals surface area contributed by atoms with E-state index in [4.69, 9.17) is 3.32 Å². The molecule has 0 fully saturated rings. The van der Waals surface area contributed by atoms with Gasteiger partial charge in [-0.25, -0.2) is 0 Å². The molecule has 0 heterocycles. The molecule has 0 unspecified atom stereocenters. The number of aliphatic hydroxyl groups excluding tert-OH is 2. The van der Waals surface area contributed by atoms with Crippen molar-refractivity contribution in [3.05, 3.63) is 83.9 Å². The molecule has 0 aliphatic heterocycles. The summed E-state index contributed by atoms with van der Waals surface area (Å²) in [6.45, 7) is 7.21. The van der Waals surface area contributed by atoms with Crippen molar-refractivity contribution < 1.29 is 43.5 Å². The van der Waals surface area contributed by atoms with Gasteiger partial charge >= 0.3 is 23.7 Å². The third-order valence-corrected chi connectivity index (χ3v) is 3.84. The Morgan fingerprint density at radius 1 is 0.667 bits per heavy atom. The SMILES string of the molecule is CC(C)C(=O)/C=C(\O)c1ccccc1.CC(C)C(=O)/C=C(\O)c1ccccc1.[O]=[Ti]. The first-order chi connectivity index (χ1) is 14.2. The molecule has 2 aromatic carbocycles. The molecule has 0 aliphatic carbocycles. The Bertz CT molecular complexity index is 769. The van der Waals surface area contributed by atoms with Crippen molar-refractivity contribution in [2.75, 3.05) is 0 Å². The van der Waals surface area contributed by atoms with Crippen LogP contribution in [0.5, 0.6) is 0 Å². The zero-order valence-electron chi connectivity index (χ0n) is 17.7. The number of ketones is 2. The maximum absolute atomic E-state index is 11.3. The fourth-order valence-electron chi connectivity index (χ4n) is 1.99. The van der Waals surface area contributed by atoms with Crippen LogP contribution in [-0.2, 0) is 33.3 Å². The molecule has 0 aliphatic rings. The summed E-state index contributed by atoms with van der Waals surface area (Å²) in [5.74, 6) is -0.229. The molecule has 0 atom stereocenters. The van der Waals surface area contributed by atoms with Crippen molar-refractivity contribution in [1.82, 2.24) is 0 Å². The summed E-state index contributed by atoms with van der Waals surface area (Å²) in [4.78, 5) is 22.6. The van der Waals surface area contributed by atoms with Gasteiger partial charge in [-0.15, -0.1) is 0 Å². The van der Waals surface area contributed by atoms with Crippen LogP contribution in [0.1, 0.15) is 38.8 Å². The summed E-state index contributed by atoms with van der Waals surface area (Å²) in [5.41, 5.74) is 1.34. The fraction of sp³-hybridized carbons (Fsp3) is 0.250. The Kier molecular flexibility index (Phi) is 13.9. The van der Waals surface area contributed by atoms with Crippen LogP contribution >= 0.6 is 0 Å². The van der Waals surface area contributed by atoms with E-state index in [2.05, 4.69) is 0 Å². The zero-order valence-corrected chi connectivity index (χ0v) is 19.3. The van der Waals surface area contributed by atoms with Gasteiger partial charge in [0.2, 0.25) is 0 Å². The molecule has 6 heteroatoms. The van der Waals surface area contributed by atoms with Crippen molar-refractivity contribution in [3.8, 4) is 0 Å². The van der Waals surface area contributed by atoms with Crippen LogP contribution < -0.4 is 0 Å². The molecule has 2 N–H and O–H groups in total. The summed E-state index contributed by atoms with van der Waals surface area (Å²) in [5, 5.41) is 19.2. The van der Waals surface area contributed by atoms with Crippen LogP contribution in [0.15, 0.2) is 72.8 Å². The first kappa shape index (κ1) is 27.4. The van der Waals surface area contributed by atoms with Crippen molar-refractivity contribution in [2.24, 2.45) is 11.8 Å². The van der Waals surface area contributed by atoms with Crippen molar-refractivity contribution in [1.29, 1.82) is 0 Å². The molecule has 0 radical (unpaired) electrons. The molecular formula is C24H28O5Ti. The number of rotatable bonds is 6. The topological polar surface area (TPSA) is 91.7 Å². The van der Waals surface area contributed by atoms with E-state index in [0.717, 1.165) is 20.4 Å². The second kappa shape index (κ2) is 15.2. The quantitative estimate of drug-likeness (QED) is 0.349. The Morgan fingerprint density at radius 2 is 0.933 bits per heavy atom. The second-order valence-electron chi connectivity index (χ2n) is 6.91.